The number of unbranched alkanes of at least 4 members (excludes halogenated alkanes) is 2. The molecule has 17 heavy (non-hydrogen) atoms. The van der Waals surface area contributed by atoms with Gasteiger partial charge in [-0.05, 0) is 25.3 Å². The highest BCUT2D eigenvalue weighted by atomic mass is 16.5. The van der Waals surface area contributed by atoms with E-state index < -0.39 is 5.97 Å². The molecule has 1 aromatic rings. The van der Waals surface area contributed by atoms with Crippen molar-refractivity contribution >= 4 is 5.97 Å². The Labute approximate surface area is 100 Å². The molecule has 0 saturated carbocycles. The lowest BCUT2D eigenvalue weighted by Gasteiger charge is -2.05. The van der Waals surface area contributed by atoms with E-state index in [0.717, 1.165) is 19.3 Å². The minimum Gasteiger partial charge on any atom is -0.478 e. The van der Waals surface area contributed by atoms with Crippen LogP contribution >= 0.6 is 0 Å². The number of hydrogen-bond acceptors (Lipinski definition) is 5. The molecule has 0 aromatic carbocycles. The lowest BCUT2D eigenvalue weighted by molar-refractivity contribution is 0.0592. The first-order valence-corrected chi connectivity index (χ1v) is 5.57. The average molecular weight is 239 g/mol. The van der Waals surface area contributed by atoms with Crippen molar-refractivity contribution in [1.82, 2.24) is 4.98 Å². The smallest absolute Gasteiger partial charge is 0.356 e. The molecular formula is C12H17NO4. The second-order valence-electron chi connectivity index (χ2n) is 3.49. The highest BCUT2D eigenvalue weighted by Crippen LogP contribution is 2.09. The van der Waals surface area contributed by atoms with Crippen molar-refractivity contribution in [1.29, 1.82) is 0 Å². The summed E-state index contributed by atoms with van der Waals surface area (Å²) in [6.07, 6.45) is 2.54. The summed E-state index contributed by atoms with van der Waals surface area (Å²) in [6.45, 7) is 0.730. The number of methoxy groups -OCH3 is 1. The molecule has 0 spiro atoms. The predicted octanol–water partition coefficient (Wildman–Crippen LogP) is 1.41. The van der Waals surface area contributed by atoms with Crippen LogP contribution in [0.15, 0.2) is 18.2 Å². The standard InChI is InChI=1S/C12H17NO4/c1-16-12(15)10-6-5-7-11(13-10)17-9-4-2-3-8-14/h5-7,14H,2-4,8-9H2,1H3. The minimum absolute atomic E-state index is 0.204. The molecule has 0 unspecified atom stereocenters. The van der Waals surface area contributed by atoms with Gasteiger partial charge in [0.15, 0.2) is 5.69 Å². The SMILES string of the molecule is COC(=O)c1cccc(OCCCCCO)n1. The summed E-state index contributed by atoms with van der Waals surface area (Å²) in [5.74, 6) is -0.0624. The van der Waals surface area contributed by atoms with E-state index in [1.165, 1.54) is 7.11 Å². The van der Waals surface area contributed by atoms with Crippen molar-refractivity contribution in [3.05, 3.63) is 23.9 Å². The lowest BCUT2D eigenvalue weighted by Crippen LogP contribution is -2.06. The fraction of sp³-hybridized carbons (Fsp3) is 0.500. The molecule has 94 valence electrons. The third-order valence-corrected chi connectivity index (χ3v) is 2.17. The quantitative estimate of drug-likeness (QED) is 0.575. The second-order valence-corrected chi connectivity index (χ2v) is 3.49. The van der Waals surface area contributed by atoms with Crippen molar-refractivity contribution in [2.24, 2.45) is 0 Å². The maximum atomic E-state index is 11.2. The van der Waals surface area contributed by atoms with Gasteiger partial charge in [-0.1, -0.05) is 6.07 Å². The van der Waals surface area contributed by atoms with Crippen LogP contribution in [0.2, 0.25) is 0 Å². The summed E-state index contributed by atoms with van der Waals surface area (Å²) in [5, 5.41) is 8.60. The Morgan fingerprint density at radius 1 is 1.35 bits per heavy atom. The van der Waals surface area contributed by atoms with E-state index in [2.05, 4.69) is 9.72 Å². The summed E-state index contributed by atoms with van der Waals surface area (Å²) < 4.78 is 9.95. The van der Waals surface area contributed by atoms with E-state index >= 15 is 0 Å². The van der Waals surface area contributed by atoms with Crippen LogP contribution in [0.25, 0.3) is 0 Å². The van der Waals surface area contributed by atoms with E-state index in [9.17, 15) is 4.79 Å². The summed E-state index contributed by atoms with van der Waals surface area (Å²) >= 11 is 0. The van der Waals surface area contributed by atoms with Gasteiger partial charge in [0, 0.05) is 12.7 Å². The minimum atomic E-state index is -0.476. The van der Waals surface area contributed by atoms with E-state index in [1.54, 1.807) is 18.2 Å². The van der Waals surface area contributed by atoms with Crippen LogP contribution in [-0.2, 0) is 4.74 Å². The average Bonchev–Trinajstić information content (AvgIpc) is 2.38. The summed E-state index contributed by atoms with van der Waals surface area (Å²) in [6, 6.07) is 4.96. The number of rotatable bonds is 7. The molecule has 1 aromatic heterocycles. The molecule has 0 bridgehead atoms. The van der Waals surface area contributed by atoms with Gasteiger partial charge in [0.2, 0.25) is 5.88 Å². The molecular weight excluding hydrogens is 222 g/mol. The number of ether oxygens (including phenoxy) is 2. The molecule has 0 aliphatic carbocycles. The third kappa shape index (κ3) is 4.82. The molecule has 0 radical (unpaired) electrons. The number of carbonyl (C=O) groups is 1. The van der Waals surface area contributed by atoms with Crippen LogP contribution in [-0.4, -0.2) is 36.4 Å². The second kappa shape index (κ2) is 7.62. The van der Waals surface area contributed by atoms with Crippen molar-refractivity contribution in [3.8, 4) is 5.88 Å². The summed E-state index contributed by atoms with van der Waals surface area (Å²) in [7, 11) is 1.31. The molecule has 0 aliphatic heterocycles. The molecule has 0 atom stereocenters. The van der Waals surface area contributed by atoms with Crippen molar-refractivity contribution < 1.29 is 19.4 Å². The predicted molar refractivity (Wildman–Crippen MR) is 62.0 cm³/mol. The number of nitrogens with zero attached hydrogens (tertiary/aromatic N) is 1. The lowest BCUT2D eigenvalue weighted by atomic mass is 10.2. The maximum absolute atomic E-state index is 11.2. The molecule has 0 saturated heterocycles. The fourth-order valence-corrected chi connectivity index (χ4v) is 1.28. The van der Waals surface area contributed by atoms with Gasteiger partial charge in [-0.25, -0.2) is 9.78 Å². The first-order chi connectivity index (χ1) is 8.27. The zero-order chi connectivity index (χ0) is 12.5. The van der Waals surface area contributed by atoms with E-state index in [1.807, 2.05) is 0 Å². The maximum Gasteiger partial charge on any atom is 0.356 e. The molecule has 1 N–H and O–H groups in total. The molecule has 0 amide bonds. The molecule has 0 fully saturated rings. The summed E-state index contributed by atoms with van der Waals surface area (Å²) in [5.41, 5.74) is 0.236. The Balaban J connectivity index is 2.40. The van der Waals surface area contributed by atoms with Gasteiger partial charge in [-0.15, -0.1) is 0 Å². The topological polar surface area (TPSA) is 68.7 Å². The van der Waals surface area contributed by atoms with Crippen LogP contribution in [0.3, 0.4) is 0 Å². The first kappa shape index (κ1) is 13.4. The summed E-state index contributed by atoms with van der Waals surface area (Å²) in [4.78, 5) is 15.2. The van der Waals surface area contributed by atoms with Crippen molar-refractivity contribution in [2.45, 2.75) is 19.3 Å². The Hall–Kier alpha value is -1.62. The number of hydrogen-bond donors (Lipinski definition) is 1. The molecule has 0 aliphatic rings. The van der Waals surface area contributed by atoms with Gasteiger partial charge < -0.3 is 14.6 Å². The van der Waals surface area contributed by atoms with Crippen LogP contribution in [0, 0.1) is 0 Å². The molecule has 5 nitrogen and oxygen atoms in total. The van der Waals surface area contributed by atoms with Gasteiger partial charge in [-0.2, -0.15) is 0 Å². The molecule has 1 heterocycles. The Morgan fingerprint density at radius 2 is 2.18 bits per heavy atom. The van der Waals surface area contributed by atoms with Crippen molar-refractivity contribution in [2.75, 3.05) is 20.3 Å². The van der Waals surface area contributed by atoms with Crippen molar-refractivity contribution in [3.63, 3.8) is 0 Å². The Morgan fingerprint density at radius 3 is 2.88 bits per heavy atom. The Kier molecular flexibility index (Phi) is 6.03. The largest absolute Gasteiger partial charge is 0.478 e. The van der Waals surface area contributed by atoms with Crippen LogP contribution in [0.5, 0.6) is 5.88 Å². The first-order valence-electron chi connectivity index (χ1n) is 5.57. The zero-order valence-corrected chi connectivity index (χ0v) is 9.89. The van der Waals surface area contributed by atoms with Gasteiger partial charge in [0.25, 0.3) is 0 Å². The van der Waals surface area contributed by atoms with Crippen LogP contribution in [0.4, 0.5) is 0 Å². The molecule has 1 rings (SSSR count). The number of aromatic nitrogens is 1. The fourth-order valence-electron chi connectivity index (χ4n) is 1.28. The normalized spacial score (nSPS) is 10.0. The van der Waals surface area contributed by atoms with Crippen LogP contribution in [0.1, 0.15) is 29.8 Å². The van der Waals surface area contributed by atoms with E-state index in [0.29, 0.717) is 12.5 Å². The number of pyridine rings is 1. The number of carbonyl (C=O) groups excluding carboxylic acids is 1. The number of esters is 1. The van der Waals surface area contributed by atoms with Gasteiger partial charge in [-0.3, -0.25) is 0 Å². The Bertz CT molecular complexity index is 354. The zero-order valence-electron chi connectivity index (χ0n) is 9.89. The molecule has 5 heteroatoms. The van der Waals surface area contributed by atoms with Gasteiger partial charge in [0.05, 0.1) is 13.7 Å². The highest BCUT2D eigenvalue weighted by Gasteiger charge is 2.07. The highest BCUT2D eigenvalue weighted by molar-refractivity contribution is 5.87. The number of aliphatic hydroxyl groups is 1. The third-order valence-electron chi connectivity index (χ3n) is 2.17. The van der Waals surface area contributed by atoms with Gasteiger partial charge >= 0.3 is 5.97 Å². The van der Waals surface area contributed by atoms with Crippen LogP contribution < -0.4 is 4.74 Å². The van der Waals surface area contributed by atoms with E-state index in [4.69, 9.17) is 9.84 Å². The van der Waals surface area contributed by atoms with Gasteiger partial charge in [0.1, 0.15) is 0 Å². The number of aliphatic hydroxyl groups excluding tert-OH is 1. The van der Waals surface area contributed by atoms with E-state index in [-0.39, 0.29) is 12.3 Å². The monoisotopic (exact) mass is 239 g/mol.